The van der Waals surface area contributed by atoms with Crippen molar-refractivity contribution < 1.29 is 22.8 Å². The Morgan fingerprint density at radius 3 is 2.20 bits per heavy atom. The first-order valence-corrected chi connectivity index (χ1v) is 14.6. The molecule has 11 heteroatoms. The van der Waals surface area contributed by atoms with Gasteiger partial charge in [-0.05, 0) is 68.1 Å². The lowest BCUT2D eigenvalue weighted by Gasteiger charge is -2.24. The summed E-state index contributed by atoms with van der Waals surface area (Å²) in [6, 6.07) is 19.9. The van der Waals surface area contributed by atoms with Crippen LogP contribution in [0.5, 0.6) is 0 Å². The minimum absolute atomic E-state index is 0.0886. The van der Waals surface area contributed by atoms with Crippen molar-refractivity contribution in [1.82, 2.24) is 15.0 Å². The number of sulfonamides is 1. The number of carbonyl (C=O) groups excluding carboxylic acids is 3. The molecule has 0 saturated heterocycles. The molecule has 0 spiro atoms. The zero-order valence-electron chi connectivity index (χ0n) is 23.9. The van der Waals surface area contributed by atoms with Crippen molar-refractivity contribution in [2.45, 2.75) is 51.6 Å². The number of hydrazine groups is 1. The van der Waals surface area contributed by atoms with Crippen molar-refractivity contribution in [2.24, 2.45) is 11.8 Å². The zero-order chi connectivity index (χ0) is 30.4. The van der Waals surface area contributed by atoms with Crippen LogP contribution in [0.4, 0.5) is 5.69 Å². The second-order valence-corrected chi connectivity index (χ2v) is 12.8. The van der Waals surface area contributed by atoms with Crippen molar-refractivity contribution in [2.75, 3.05) is 11.9 Å². The summed E-state index contributed by atoms with van der Waals surface area (Å²) in [5, 5.41) is 2.63. The SMILES string of the molecule is CC(C)CN(Cc1cccc(C(=O)NN)c1)C(=O)C(=O)Nc1ccc(-c2ccccc2S(=O)(=O)NC(C)(C)C)cc1. The number of nitrogens with zero attached hydrogens (tertiary/aromatic N) is 1. The van der Waals surface area contributed by atoms with E-state index in [2.05, 4.69) is 15.5 Å². The van der Waals surface area contributed by atoms with E-state index in [9.17, 15) is 22.8 Å². The molecule has 0 heterocycles. The molecule has 0 aromatic heterocycles. The fourth-order valence-electron chi connectivity index (χ4n) is 4.23. The fraction of sp³-hybridized carbons (Fsp3) is 0.300. The van der Waals surface area contributed by atoms with Crippen molar-refractivity contribution >= 4 is 33.4 Å². The van der Waals surface area contributed by atoms with Gasteiger partial charge in [-0.2, -0.15) is 0 Å². The molecule has 0 aliphatic rings. The van der Waals surface area contributed by atoms with Crippen LogP contribution in [0.3, 0.4) is 0 Å². The lowest BCUT2D eigenvalue weighted by Crippen LogP contribution is -2.41. The van der Waals surface area contributed by atoms with Gasteiger partial charge in [-0.15, -0.1) is 0 Å². The van der Waals surface area contributed by atoms with Gasteiger partial charge in [0.2, 0.25) is 10.0 Å². The molecule has 218 valence electrons. The lowest BCUT2D eigenvalue weighted by atomic mass is 10.1. The fourth-order valence-corrected chi connectivity index (χ4v) is 5.88. The third-order valence-corrected chi connectivity index (χ3v) is 7.65. The first-order valence-electron chi connectivity index (χ1n) is 13.1. The molecule has 0 radical (unpaired) electrons. The van der Waals surface area contributed by atoms with E-state index < -0.39 is 33.3 Å². The lowest BCUT2D eigenvalue weighted by molar-refractivity contribution is -0.143. The molecule has 10 nitrogen and oxygen atoms in total. The molecule has 41 heavy (non-hydrogen) atoms. The number of anilines is 1. The molecule has 0 atom stereocenters. The summed E-state index contributed by atoms with van der Waals surface area (Å²) in [4.78, 5) is 39.6. The topological polar surface area (TPSA) is 151 Å². The molecule has 0 unspecified atom stereocenters. The molecule has 3 aromatic rings. The maximum absolute atomic E-state index is 13.2. The molecule has 3 rings (SSSR count). The second-order valence-electron chi connectivity index (χ2n) is 11.1. The molecule has 3 amide bonds. The number of nitrogen functional groups attached to an aromatic ring is 1. The summed E-state index contributed by atoms with van der Waals surface area (Å²) in [6.45, 7) is 9.63. The van der Waals surface area contributed by atoms with Crippen molar-refractivity contribution in [1.29, 1.82) is 0 Å². The molecular weight excluding hydrogens is 542 g/mol. The average molecular weight is 580 g/mol. The van der Waals surface area contributed by atoms with Gasteiger partial charge < -0.3 is 10.2 Å². The van der Waals surface area contributed by atoms with Crippen LogP contribution in [-0.4, -0.2) is 43.1 Å². The Morgan fingerprint density at radius 2 is 1.59 bits per heavy atom. The predicted octanol–water partition coefficient (Wildman–Crippen LogP) is 3.66. The monoisotopic (exact) mass is 579 g/mol. The molecular formula is C30H37N5O5S. The quantitative estimate of drug-likeness (QED) is 0.132. The largest absolute Gasteiger partial charge is 0.330 e. The summed E-state index contributed by atoms with van der Waals surface area (Å²) in [6.07, 6.45) is 0. The van der Waals surface area contributed by atoms with Crippen molar-refractivity contribution in [3.63, 3.8) is 0 Å². The molecule has 0 aliphatic carbocycles. The molecule has 0 bridgehead atoms. The van der Waals surface area contributed by atoms with E-state index in [1.165, 1.54) is 4.90 Å². The third kappa shape index (κ3) is 8.71. The minimum atomic E-state index is -3.79. The number of nitrogens with one attached hydrogen (secondary N) is 3. The number of benzene rings is 3. The third-order valence-electron chi connectivity index (χ3n) is 5.83. The van der Waals surface area contributed by atoms with Crippen LogP contribution in [0.15, 0.2) is 77.7 Å². The summed E-state index contributed by atoms with van der Waals surface area (Å²) < 4.78 is 28.7. The zero-order valence-corrected chi connectivity index (χ0v) is 24.7. The number of hydrogen-bond donors (Lipinski definition) is 4. The van der Waals surface area contributed by atoms with Crippen LogP contribution in [0.2, 0.25) is 0 Å². The Morgan fingerprint density at radius 1 is 0.927 bits per heavy atom. The van der Waals surface area contributed by atoms with Gasteiger partial charge in [0.05, 0.1) is 4.90 Å². The standard InChI is InChI=1S/C30H37N5O5S/c1-20(2)18-35(19-21-9-8-10-23(17-21)27(36)33-31)29(38)28(37)32-24-15-13-22(14-16-24)25-11-6-7-12-26(25)41(39,40)34-30(3,4)5/h6-17,20,34H,18-19,31H2,1-5H3,(H,32,37)(H,33,36). The van der Waals surface area contributed by atoms with Crippen LogP contribution in [0, 0.1) is 5.92 Å². The van der Waals surface area contributed by atoms with E-state index >= 15 is 0 Å². The van der Waals surface area contributed by atoms with Gasteiger partial charge in [0, 0.05) is 35.4 Å². The van der Waals surface area contributed by atoms with Gasteiger partial charge in [0.25, 0.3) is 5.91 Å². The Bertz CT molecular complexity index is 1510. The molecule has 5 N–H and O–H groups in total. The van der Waals surface area contributed by atoms with Crippen molar-refractivity contribution in [3.8, 4) is 11.1 Å². The summed E-state index contributed by atoms with van der Waals surface area (Å²) in [5.41, 5.74) is 3.96. The van der Waals surface area contributed by atoms with Crippen LogP contribution in [-0.2, 0) is 26.2 Å². The maximum atomic E-state index is 13.2. The number of amides is 3. The highest BCUT2D eigenvalue weighted by atomic mass is 32.2. The van der Waals surface area contributed by atoms with E-state index in [-0.39, 0.29) is 17.4 Å². The van der Waals surface area contributed by atoms with Crippen LogP contribution in [0.1, 0.15) is 50.5 Å². The summed E-state index contributed by atoms with van der Waals surface area (Å²) in [5.74, 6) is 3.32. The number of rotatable bonds is 9. The van der Waals surface area contributed by atoms with E-state index in [1.807, 2.05) is 13.8 Å². The van der Waals surface area contributed by atoms with Gasteiger partial charge in [0.1, 0.15) is 0 Å². The van der Waals surface area contributed by atoms with Gasteiger partial charge in [0.15, 0.2) is 0 Å². The molecule has 0 aliphatic heterocycles. The van der Waals surface area contributed by atoms with Crippen LogP contribution >= 0.6 is 0 Å². The minimum Gasteiger partial charge on any atom is -0.330 e. The van der Waals surface area contributed by atoms with Crippen molar-refractivity contribution in [3.05, 3.63) is 83.9 Å². The molecule has 0 fully saturated rings. The Balaban J connectivity index is 1.78. The summed E-state index contributed by atoms with van der Waals surface area (Å²) in [7, 11) is -3.79. The van der Waals surface area contributed by atoms with Gasteiger partial charge in [-0.3, -0.25) is 19.8 Å². The van der Waals surface area contributed by atoms with E-state index in [4.69, 9.17) is 5.84 Å². The Kier molecular flexibility index (Phi) is 10.0. The number of carbonyl (C=O) groups is 3. The van der Waals surface area contributed by atoms with Gasteiger partial charge in [-0.1, -0.05) is 56.3 Å². The Labute approximate surface area is 241 Å². The first kappa shape index (κ1) is 31.5. The van der Waals surface area contributed by atoms with Crippen LogP contribution < -0.4 is 21.3 Å². The van der Waals surface area contributed by atoms with E-state index in [1.54, 1.807) is 93.6 Å². The number of nitrogens with two attached hydrogens (primary N) is 1. The normalized spacial score (nSPS) is 11.7. The van der Waals surface area contributed by atoms with E-state index in [0.29, 0.717) is 34.5 Å². The molecule has 0 saturated carbocycles. The second kappa shape index (κ2) is 13.1. The molecule has 3 aromatic carbocycles. The maximum Gasteiger partial charge on any atom is 0.313 e. The van der Waals surface area contributed by atoms with Crippen LogP contribution in [0.25, 0.3) is 11.1 Å². The Hall–Kier alpha value is -4.06. The van der Waals surface area contributed by atoms with Gasteiger partial charge >= 0.3 is 11.8 Å². The highest BCUT2D eigenvalue weighted by molar-refractivity contribution is 7.89. The van der Waals surface area contributed by atoms with E-state index in [0.717, 1.165) is 0 Å². The highest BCUT2D eigenvalue weighted by Gasteiger charge is 2.26. The smallest absolute Gasteiger partial charge is 0.313 e. The average Bonchev–Trinajstić information content (AvgIpc) is 2.91. The predicted molar refractivity (Wildman–Crippen MR) is 159 cm³/mol. The summed E-state index contributed by atoms with van der Waals surface area (Å²) >= 11 is 0. The highest BCUT2D eigenvalue weighted by Crippen LogP contribution is 2.29. The first-order chi connectivity index (χ1) is 19.2. The van der Waals surface area contributed by atoms with Gasteiger partial charge in [-0.25, -0.2) is 19.0 Å². The number of hydrogen-bond acceptors (Lipinski definition) is 6.